The van der Waals surface area contributed by atoms with Gasteiger partial charge in [0.05, 0.1) is 0 Å². The van der Waals surface area contributed by atoms with Crippen molar-refractivity contribution in [2.75, 3.05) is 6.61 Å². The maximum atomic E-state index is 10.8. The first-order valence-corrected chi connectivity index (χ1v) is 4.20. The van der Waals surface area contributed by atoms with E-state index in [0.29, 0.717) is 0 Å². The molecule has 0 aliphatic heterocycles. The Hall–Kier alpha value is -0.760. The lowest BCUT2D eigenvalue weighted by molar-refractivity contribution is -0.141. The number of hydrogen-bond acceptors (Lipinski definition) is 2. The van der Waals surface area contributed by atoms with Crippen molar-refractivity contribution in [3.8, 4) is 0 Å². The van der Waals surface area contributed by atoms with Gasteiger partial charge < -0.3 is 4.74 Å². The molecule has 12 heavy (non-hydrogen) atoms. The van der Waals surface area contributed by atoms with Gasteiger partial charge in [-0.1, -0.05) is 18.2 Å². The monoisotopic (exact) mass is 188 g/mol. The molecule has 0 bridgehead atoms. The molecule has 0 saturated heterocycles. The Morgan fingerprint density at radius 3 is 2.75 bits per heavy atom. The van der Waals surface area contributed by atoms with Crippen LogP contribution in [0.4, 0.5) is 0 Å². The minimum absolute atomic E-state index is 0.278. The van der Waals surface area contributed by atoms with Gasteiger partial charge in [-0.25, -0.2) is 0 Å². The number of esters is 1. The lowest BCUT2D eigenvalue weighted by Crippen LogP contribution is -2.14. The van der Waals surface area contributed by atoms with E-state index in [-0.39, 0.29) is 12.6 Å². The average Bonchev–Trinajstić information content (AvgIpc) is 2.03. The third-order valence-electron chi connectivity index (χ3n) is 1.09. The van der Waals surface area contributed by atoms with E-state index >= 15 is 0 Å². The molecule has 0 rings (SSSR count). The zero-order valence-corrected chi connectivity index (χ0v) is 8.04. The van der Waals surface area contributed by atoms with E-state index in [4.69, 9.17) is 16.3 Å². The van der Waals surface area contributed by atoms with Crippen molar-refractivity contribution in [2.45, 2.75) is 19.2 Å². The second-order valence-electron chi connectivity index (χ2n) is 2.20. The summed E-state index contributed by atoms with van der Waals surface area (Å²) in [6.07, 6.45) is 7.31. The Kier molecular flexibility index (Phi) is 6.48. The van der Waals surface area contributed by atoms with E-state index in [2.05, 4.69) is 0 Å². The van der Waals surface area contributed by atoms with Gasteiger partial charge in [0.1, 0.15) is 12.0 Å². The topological polar surface area (TPSA) is 26.3 Å². The minimum Gasteiger partial charge on any atom is -0.460 e. The predicted octanol–water partition coefficient (Wildman–Crippen LogP) is 2.29. The molecule has 3 heteroatoms. The number of hydrogen-bond donors (Lipinski definition) is 0. The zero-order chi connectivity index (χ0) is 9.40. The second-order valence-corrected chi connectivity index (χ2v) is 2.85. The van der Waals surface area contributed by atoms with Gasteiger partial charge in [-0.2, -0.15) is 0 Å². The van der Waals surface area contributed by atoms with Gasteiger partial charge in [-0.15, -0.1) is 11.6 Å². The van der Waals surface area contributed by atoms with E-state index in [9.17, 15) is 4.79 Å². The summed E-state index contributed by atoms with van der Waals surface area (Å²) >= 11 is 5.46. The maximum absolute atomic E-state index is 10.8. The van der Waals surface area contributed by atoms with Crippen LogP contribution in [0.1, 0.15) is 13.8 Å². The highest BCUT2D eigenvalue weighted by Gasteiger charge is 2.08. The smallest absolute Gasteiger partial charge is 0.324 e. The van der Waals surface area contributed by atoms with Gasteiger partial charge in [0, 0.05) is 0 Å². The van der Waals surface area contributed by atoms with Gasteiger partial charge in [0.2, 0.25) is 0 Å². The van der Waals surface area contributed by atoms with E-state index in [1.165, 1.54) is 0 Å². The number of allylic oxidation sites excluding steroid dienone is 3. The summed E-state index contributed by atoms with van der Waals surface area (Å²) in [7, 11) is 0. The molecule has 0 saturated carbocycles. The van der Waals surface area contributed by atoms with Crippen molar-refractivity contribution >= 4 is 17.6 Å². The van der Waals surface area contributed by atoms with Crippen molar-refractivity contribution in [3.63, 3.8) is 0 Å². The highest BCUT2D eigenvalue weighted by molar-refractivity contribution is 6.29. The molecule has 0 aromatic rings. The summed E-state index contributed by atoms with van der Waals surface area (Å²) in [6, 6.07) is 0. The highest BCUT2D eigenvalue weighted by Crippen LogP contribution is 1.96. The van der Waals surface area contributed by atoms with Gasteiger partial charge in [0.25, 0.3) is 0 Å². The Labute approximate surface area is 77.9 Å². The molecular weight excluding hydrogens is 176 g/mol. The Morgan fingerprint density at radius 1 is 1.58 bits per heavy atom. The molecule has 2 nitrogen and oxygen atoms in total. The van der Waals surface area contributed by atoms with Crippen molar-refractivity contribution in [3.05, 3.63) is 24.3 Å². The van der Waals surface area contributed by atoms with Crippen molar-refractivity contribution in [1.82, 2.24) is 0 Å². The SMILES string of the molecule is C/C=C/C=C/COC(=O)C(C)Cl. The molecule has 0 aromatic heterocycles. The number of carbonyl (C=O) groups excluding carboxylic acids is 1. The van der Waals surface area contributed by atoms with Crippen LogP contribution in [0.5, 0.6) is 0 Å². The fourth-order valence-corrected chi connectivity index (χ4v) is 0.553. The van der Waals surface area contributed by atoms with Crippen LogP contribution in [0.25, 0.3) is 0 Å². The third-order valence-corrected chi connectivity index (χ3v) is 1.26. The van der Waals surface area contributed by atoms with Crippen molar-refractivity contribution in [2.24, 2.45) is 0 Å². The van der Waals surface area contributed by atoms with Crippen LogP contribution in [-0.2, 0) is 9.53 Å². The number of alkyl halides is 1. The lowest BCUT2D eigenvalue weighted by atomic mass is 10.4. The van der Waals surface area contributed by atoms with Crippen LogP contribution >= 0.6 is 11.6 Å². The van der Waals surface area contributed by atoms with E-state index in [1.807, 2.05) is 25.2 Å². The molecule has 0 radical (unpaired) electrons. The van der Waals surface area contributed by atoms with Gasteiger partial charge in [-0.3, -0.25) is 4.79 Å². The number of ether oxygens (including phenoxy) is 1. The maximum Gasteiger partial charge on any atom is 0.324 e. The fraction of sp³-hybridized carbons (Fsp3) is 0.444. The first kappa shape index (κ1) is 11.2. The molecule has 0 spiro atoms. The zero-order valence-electron chi connectivity index (χ0n) is 7.29. The van der Waals surface area contributed by atoms with E-state index in [0.717, 1.165) is 0 Å². The lowest BCUT2D eigenvalue weighted by Gasteiger charge is -2.01. The fourth-order valence-electron chi connectivity index (χ4n) is 0.490. The van der Waals surface area contributed by atoms with Crippen LogP contribution < -0.4 is 0 Å². The summed E-state index contributed by atoms with van der Waals surface area (Å²) < 4.78 is 4.76. The van der Waals surface area contributed by atoms with Crippen LogP contribution in [0.2, 0.25) is 0 Å². The predicted molar refractivity (Wildman–Crippen MR) is 50.2 cm³/mol. The first-order valence-electron chi connectivity index (χ1n) is 3.77. The summed E-state index contributed by atoms with van der Waals surface area (Å²) in [4.78, 5) is 10.8. The molecule has 0 aliphatic rings. The molecule has 0 amide bonds. The number of halogens is 1. The number of carbonyl (C=O) groups is 1. The van der Waals surface area contributed by atoms with Gasteiger partial charge >= 0.3 is 5.97 Å². The quantitative estimate of drug-likeness (QED) is 0.385. The molecule has 0 aromatic carbocycles. The van der Waals surface area contributed by atoms with Gasteiger partial charge in [-0.05, 0) is 19.9 Å². The Morgan fingerprint density at radius 2 is 2.25 bits per heavy atom. The summed E-state index contributed by atoms with van der Waals surface area (Å²) in [6.45, 7) is 3.77. The van der Waals surface area contributed by atoms with Crippen LogP contribution in [0, 0.1) is 0 Å². The molecule has 1 unspecified atom stereocenters. The highest BCUT2D eigenvalue weighted by atomic mass is 35.5. The average molecular weight is 189 g/mol. The van der Waals surface area contributed by atoms with E-state index < -0.39 is 5.38 Å². The standard InChI is InChI=1S/C9H13ClO2/c1-3-4-5-6-7-12-9(11)8(2)10/h3-6,8H,7H2,1-2H3/b4-3+,6-5+. The van der Waals surface area contributed by atoms with Gasteiger partial charge in [0.15, 0.2) is 0 Å². The molecular formula is C9H13ClO2. The molecule has 0 N–H and O–H groups in total. The van der Waals surface area contributed by atoms with Crippen LogP contribution in [0.3, 0.4) is 0 Å². The Bertz CT molecular complexity index is 183. The summed E-state index contributed by atoms with van der Waals surface area (Å²) in [5.41, 5.74) is 0. The molecule has 68 valence electrons. The molecule has 1 atom stereocenters. The molecule has 0 heterocycles. The third kappa shape index (κ3) is 5.98. The largest absolute Gasteiger partial charge is 0.460 e. The molecule has 0 fully saturated rings. The second kappa shape index (κ2) is 6.92. The summed E-state index contributed by atoms with van der Waals surface area (Å²) in [5, 5.41) is -0.569. The minimum atomic E-state index is -0.569. The molecule has 0 aliphatic carbocycles. The first-order chi connectivity index (χ1) is 5.68. The van der Waals surface area contributed by atoms with Crippen LogP contribution in [0.15, 0.2) is 24.3 Å². The van der Waals surface area contributed by atoms with Crippen molar-refractivity contribution < 1.29 is 9.53 Å². The normalized spacial score (nSPS) is 13.9. The Balaban J connectivity index is 3.50. The van der Waals surface area contributed by atoms with Crippen molar-refractivity contribution in [1.29, 1.82) is 0 Å². The number of rotatable bonds is 4. The van der Waals surface area contributed by atoms with Crippen LogP contribution in [-0.4, -0.2) is 18.0 Å². The summed E-state index contributed by atoms with van der Waals surface area (Å²) in [5.74, 6) is -0.387. The van der Waals surface area contributed by atoms with E-state index in [1.54, 1.807) is 13.0 Å².